The Labute approximate surface area is 145 Å². The number of para-hydroxylation sites is 1. The predicted molar refractivity (Wildman–Crippen MR) is 89.8 cm³/mol. The van der Waals surface area contributed by atoms with Crippen LogP contribution in [-0.2, 0) is 0 Å². The molecule has 1 N–H and O–H groups in total. The van der Waals surface area contributed by atoms with E-state index < -0.39 is 5.82 Å². The number of nitrogens with one attached hydrogen (secondary N) is 1. The van der Waals surface area contributed by atoms with E-state index in [1.807, 2.05) is 18.2 Å². The van der Waals surface area contributed by atoms with Gasteiger partial charge in [-0.05, 0) is 29.8 Å². The topological polar surface area (TPSA) is 21.3 Å². The molecule has 0 aliphatic carbocycles. The third-order valence-corrected chi connectivity index (χ3v) is 4.22. The molecule has 0 spiro atoms. The van der Waals surface area contributed by atoms with Gasteiger partial charge in [-0.2, -0.15) is 0 Å². The Balaban J connectivity index is 0.00000176. The predicted octanol–water partition coefficient (Wildman–Crippen LogP) is 4.89. The van der Waals surface area contributed by atoms with Crippen molar-refractivity contribution >= 4 is 35.6 Å². The molecule has 0 aromatic heterocycles. The first-order valence-electron chi connectivity index (χ1n) is 6.72. The highest BCUT2D eigenvalue weighted by atomic mass is 35.5. The van der Waals surface area contributed by atoms with E-state index in [2.05, 4.69) is 5.32 Å². The fraction of sp³-hybridized carbons (Fsp3) is 0.250. The second-order valence-electron chi connectivity index (χ2n) is 5.06. The molecule has 3 rings (SSSR count). The molecule has 1 heterocycles. The van der Waals surface area contributed by atoms with E-state index in [9.17, 15) is 4.39 Å². The molecule has 1 aliphatic rings. The van der Waals surface area contributed by atoms with Crippen LogP contribution in [0.1, 0.15) is 11.7 Å². The lowest BCUT2D eigenvalue weighted by Gasteiger charge is -2.35. The van der Waals surface area contributed by atoms with Gasteiger partial charge in [-0.3, -0.25) is 0 Å². The summed E-state index contributed by atoms with van der Waals surface area (Å²) in [5, 5.41) is 3.86. The quantitative estimate of drug-likeness (QED) is 0.836. The van der Waals surface area contributed by atoms with E-state index in [4.69, 9.17) is 27.9 Å². The van der Waals surface area contributed by atoms with Crippen LogP contribution in [0.3, 0.4) is 0 Å². The molecule has 2 aromatic carbocycles. The van der Waals surface area contributed by atoms with Crippen LogP contribution in [0.2, 0.25) is 10.0 Å². The SMILES string of the molecule is Cl.Fc1cc([C@@H](Oc2ccccc2Cl)C2CNC2)ccc1Cl. The first kappa shape index (κ1) is 17.4. The number of ether oxygens (including phenoxy) is 1. The Morgan fingerprint density at radius 1 is 1.09 bits per heavy atom. The molecule has 0 amide bonds. The molecule has 0 bridgehead atoms. The van der Waals surface area contributed by atoms with Crippen molar-refractivity contribution in [2.24, 2.45) is 5.92 Å². The summed E-state index contributed by atoms with van der Waals surface area (Å²) < 4.78 is 19.8. The molecule has 2 aromatic rings. The van der Waals surface area contributed by atoms with Crippen LogP contribution >= 0.6 is 35.6 Å². The normalized spacial score (nSPS) is 15.6. The van der Waals surface area contributed by atoms with Crippen LogP contribution in [-0.4, -0.2) is 13.1 Å². The molecule has 1 atom stereocenters. The van der Waals surface area contributed by atoms with Gasteiger partial charge >= 0.3 is 0 Å². The average molecular weight is 363 g/mol. The van der Waals surface area contributed by atoms with Crippen molar-refractivity contribution in [3.8, 4) is 5.75 Å². The number of halogens is 4. The zero-order valence-corrected chi connectivity index (χ0v) is 13.9. The summed E-state index contributed by atoms with van der Waals surface area (Å²) in [7, 11) is 0. The lowest BCUT2D eigenvalue weighted by molar-refractivity contribution is 0.0991. The Hall–Kier alpha value is -1.000. The summed E-state index contributed by atoms with van der Waals surface area (Å²) >= 11 is 11.9. The first-order chi connectivity index (χ1) is 10.1. The molecular weight excluding hydrogens is 348 g/mol. The van der Waals surface area contributed by atoms with Crippen LogP contribution in [0.4, 0.5) is 4.39 Å². The van der Waals surface area contributed by atoms with Gasteiger partial charge in [-0.25, -0.2) is 4.39 Å². The Kier molecular flexibility index (Phi) is 5.93. The maximum atomic E-state index is 13.7. The lowest BCUT2D eigenvalue weighted by atomic mass is 9.90. The molecule has 2 nitrogen and oxygen atoms in total. The molecule has 0 radical (unpaired) electrons. The van der Waals surface area contributed by atoms with Gasteiger partial charge in [0, 0.05) is 19.0 Å². The smallest absolute Gasteiger partial charge is 0.142 e. The molecule has 0 saturated carbocycles. The fourth-order valence-electron chi connectivity index (χ4n) is 2.33. The van der Waals surface area contributed by atoms with Crippen molar-refractivity contribution in [1.82, 2.24) is 5.32 Å². The minimum absolute atomic E-state index is 0. The highest BCUT2D eigenvalue weighted by Crippen LogP contribution is 2.35. The van der Waals surface area contributed by atoms with E-state index >= 15 is 0 Å². The van der Waals surface area contributed by atoms with Crippen LogP contribution in [0, 0.1) is 11.7 Å². The largest absolute Gasteiger partial charge is 0.484 e. The van der Waals surface area contributed by atoms with Gasteiger partial charge in [-0.15, -0.1) is 12.4 Å². The fourth-order valence-corrected chi connectivity index (χ4v) is 2.63. The van der Waals surface area contributed by atoms with Crippen molar-refractivity contribution in [3.05, 3.63) is 63.9 Å². The highest BCUT2D eigenvalue weighted by Gasteiger charge is 2.31. The standard InChI is InChI=1S/C16H14Cl2FNO.ClH/c17-12-6-5-10(7-14(12)19)16(11-8-20-9-11)21-15-4-2-1-3-13(15)18;/h1-7,11,16,20H,8-9H2;1H/t16-;/m1./s1. The summed E-state index contributed by atoms with van der Waals surface area (Å²) in [6.45, 7) is 1.67. The van der Waals surface area contributed by atoms with Gasteiger partial charge in [-0.1, -0.05) is 41.4 Å². The second kappa shape index (κ2) is 7.51. The zero-order chi connectivity index (χ0) is 14.8. The summed E-state index contributed by atoms with van der Waals surface area (Å²) in [6, 6.07) is 12.1. The zero-order valence-electron chi connectivity index (χ0n) is 11.6. The van der Waals surface area contributed by atoms with Gasteiger partial charge in [0.1, 0.15) is 17.7 Å². The second-order valence-corrected chi connectivity index (χ2v) is 5.88. The van der Waals surface area contributed by atoms with Gasteiger partial charge < -0.3 is 10.1 Å². The van der Waals surface area contributed by atoms with E-state index in [0.717, 1.165) is 18.7 Å². The van der Waals surface area contributed by atoms with Gasteiger partial charge in [0.15, 0.2) is 0 Å². The Bertz CT molecular complexity index is 649. The van der Waals surface area contributed by atoms with Crippen molar-refractivity contribution in [2.45, 2.75) is 6.10 Å². The van der Waals surface area contributed by atoms with Crippen molar-refractivity contribution in [1.29, 1.82) is 0 Å². The molecular formula is C16H15Cl3FNO. The van der Waals surface area contributed by atoms with Crippen LogP contribution in [0.15, 0.2) is 42.5 Å². The van der Waals surface area contributed by atoms with E-state index in [1.54, 1.807) is 18.2 Å². The van der Waals surface area contributed by atoms with Crippen LogP contribution in [0.5, 0.6) is 5.75 Å². The number of rotatable bonds is 4. The van der Waals surface area contributed by atoms with Crippen molar-refractivity contribution in [2.75, 3.05) is 13.1 Å². The first-order valence-corrected chi connectivity index (χ1v) is 7.47. The molecule has 6 heteroatoms. The number of hydrogen-bond acceptors (Lipinski definition) is 2. The lowest BCUT2D eigenvalue weighted by Crippen LogP contribution is -2.46. The number of benzene rings is 2. The average Bonchev–Trinajstić information content (AvgIpc) is 2.41. The van der Waals surface area contributed by atoms with E-state index in [1.165, 1.54) is 6.07 Å². The summed E-state index contributed by atoms with van der Waals surface area (Å²) in [5.74, 6) is 0.447. The maximum absolute atomic E-state index is 13.7. The third kappa shape index (κ3) is 3.66. The minimum atomic E-state index is -0.436. The van der Waals surface area contributed by atoms with E-state index in [-0.39, 0.29) is 29.5 Å². The Morgan fingerprint density at radius 2 is 1.82 bits per heavy atom. The summed E-state index contributed by atoms with van der Waals surface area (Å²) in [6.07, 6.45) is -0.252. The molecule has 1 aliphatic heterocycles. The van der Waals surface area contributed by atoms with Crippen LogP contribution in [0.25, 0.3) is 0 Å². The molecule has 0 unspecified atom stereocenters. The minimum Gasteiger partial charge on any atom is -0.484 e. The summed E-state index contributed by atoms with van der Waals surface area (Å²) in [5.41, 5.74) is 0.767. The van der Waals surface area contributed by atoms with Crippen molar-refractivity contribution in [3.63, 3.8) is 0 Å². The monoisotopic (exact) mass is 361 g/mol. The Morgan fingerprint density at radius 3 is 2.41 bits per heavy atom. The molecule has 118 valence electrons. The highest BCUT2D eigenvalue weighted by molar-refractivity contribution is 6.32. The maximum Gasteiger partial charge on any atom is 0.142 e. The van der Waals surface area contributed by atoms with Crippen molar-refractivity contribution < 1.29 is 9.13 Å². The van der Waals surface area contributed by atoms with Gasteiger partial charge in [0.25, 0.3) is 0 Å². The number of hydrogen-bond donors (Lipinski definition) is 1. The van der Waals surface area contributed by atoms with E-state index in [0.29, 0.717) is 10.8 Å². The van der Waals surface area contributed by atoms with Gasteiger partial charge in [0.05, 0.1) is 10.0 Å². The molecule has 1 saturated heterocycles. The third-order valence-electron chi connectivity index (χ3n) is 3.60. The molecule has 1 fully saturated rings. The molecule has 22 heavy (non-hydrogen) atoms. The van der Waals surface area contributed by atoms with Gasteiger partial charge in [0.2, 0.25) is 0 Å². The summed E-state index contributed by atoms with van der Waals surface area (Å²) in [4.78, 5) is 0. The van der Waals surface area contributed by atoms with Crippen LogP contribution < -0.4 is 10.1 Å².